The van der Waals surface area contributed by atoms with Crippen molar-refractivity contribution in [3.05, 3.63) is 34.4 Å². The first-order valence-electron chi connectivity index (χ1n) is 9.46. The number of carbonyl (C=O) groups is 1. The zero-order valence-electron chi connectivity index (χ0n) is 16.2. The Morgan fingerprint density at radius 1 is 1.07 bits per heavy atom. The highest BCUT2D eigenvalue weighted by molar-refractivity contribution is 5.68. The normalized spacial score (nSPS) is 18.5. The number of fused-ring (bicyclic) bond motifs is 1. The Hall–Kier alpha value is -1.76. The van der Waals surface area contributed by atoms with Crippen molar-refractivity contribution in [3.8, 4) is 0 Å². The smallest absolute Gasteiger partial charge is 0.416 e. The number of hydrogen-bond acceptors (Lipinski definition) is 3. The lowest BCUT2D eigenvalue weighted by atomic mass is 9.96. The molecule has 1 saturated heterocycles. The topological polar surface area (TPSA) is 32.8 Å². The third kappa shape index (κ3) is 4.75. The largest absolute Gasteiger partial charge is 0.444 e. The third-order valence-electron chi connectivity index (χ3n) is 5.11. The number of alkyl halides is 3. The number of ether oxygens (including phenoxy) is 1. The van der Waals surface area contributed by atoms with Gasteiger partial charge in [-0.1, -0.05) is 6.07 Å². The van der Waals surface area contributed by atoms with E-state index in [2.05, 4.69) is 0 Å². The summed E-state index contributed by atoms with van der Waals surface area (Å²) in [5.41, 5.74) is 1.27. The highest BCUT2D eigenvalue weighted by Crippen LogP contribution is 2.38. The van der Waals surface area contributed by atoms with Crippen molar-refractivity contribution in [2.24, 2.45) is 0 Å². The Kier molecular flexibility index (Phi) is 5.43. The van der Waals surface area contributed by atoms with Gasteiger partial charge in [-0.05, 0) is 62.8 Å². The zero-order chi connectivity index (χ0) is 19.8. The van der Waals surface area contributed by atoms with Crippen molar-refractivity contribution < 1.29 is 22.7 Å². The molecular weight excluding hydrogens is 357 g/mol. The van der Waals surface area contributed by atoms with E-state index in [1.165, 1.54) is 6.07 Å². The summed E-state index contributed by atoms with van der Waals surface area (Å²) in [6, 6.07) is 2.87. The van der Waals surface area contributed by atoms with Crippen LogP contribution in [0.25, 0.3) is 0 Å². The van der Waals surface area contributed by atoms with Crippen LogP contribution in [0.15, 0.2) is 12.1 Å². The van der Waals surface area contributed by atoms with Crippen LogP contribution in [0.4, 0.5) is 18.0 Å². The number of nitrogens with zero attached hydrogens (tertiary/aromatic N) is 2. The van der Waals surface area contributed by atoms with E-state index in [0.717, 1.165) is 24.0 Å². The minimum atomic E-state index is -4.34. The molecule has 3 rings (SSSR count). The van der Waals surface area contributed by atoms with Crippen LogP contribution in [0, 0.1) is 0 Å². The lowest BCUT2D eigenvalue weighted by Crippen LogP contribution is -2.49. The predicted molar refractivity (Wildman–Crippen MR) is 96.6 cm³/mol. The van der Waals surface area contributed by atoms with E-state index < -0.39 is 17.3 Å². The van der Waals surface area contributed by atoms with Gasteiger partial charge < -0.3 is 9.64 Å². The maximum absolute atomic E-state index is 13.5. The molecular formula is C20H27F3N2O2. The van der Waals surface area contributed by atoms with Crippen molar-refractivity contribution in [1.82, 2.24) is 9.80 Å². The predicted octanol–water partition coefficient (Wildman–Crippen LogP) is 4.25. The number of halogens is 3. The first-order chi connectivity index (χ1) is 12.5. The van der Waals surface area contributed by atoms with Crippen LogP contribution in [-0.4, -0.2) is 47.7 Å². The SMILES string of the molecule is CC(C)(C)OC(=O)N1CCN(Cc2c(C(F)(F)F)ccc3c2CCC3)CC1. The van der Waals surface area contributed by atoms with Gasteiger partial charge in [0.05, 0.1) is 5.56 Å². The molecule has 0 bridgehead atoms. The highest BCUT2D eigenvalue weighted by atomic mass is 19.4. The molecule has 1 aliphatic carbocycles. The second-order valence-electron chi connectivity index (χ2n) is 8.32. The minimum Gasteiger partial charge on any atom is -0.444 e. The van der Waals surface area contributed by atoms with Gasteiger partial charge in [0, 0.05) is 32.7 Å². The molecule has 1 heterocycles. The molecule has 4 nitrogen and oxygen atoms in total. The average Bonchev–Trinajstić information content (AvgIpc) is 3.02. The monoisotopic (exact) mass is 384 g/mol. The van der Waals surface area contributed by atoms with Crippen LogP contribution in [-0.2, 0) is 30.3 Å². The van der Waals surface area contributed by atoms with Crippen LogP contribution in [0.5, 0.6) is 0 Å². The van der Waals surface area contributed by atoms with E-state index in [0.29, 0.717) is 38.2 Å². The van der Waals surface area contributed by atoms with E-state index >= 15 is 0 Å². The summed E-state index contributed by atoms with van der Waals surface area (Å²) in [6.45, 7) is 7.73. The van der Waals surface area contributed by atoms with E-state index in [1.807, 2.05) is 25.7 Å². The molecule has 1 aromatic rings. The minimum absolute atomic E-state index is 0.278. The van der Waals surface area contributed by atoms with Crippen molar-refractivity contribution >= 4 is 6.09 Å². The molecule has 0 spiro atoms. The van der Waals surface area contributed by atoms with Gasteiger partial charge >= 0.3 is 12.3 Å². The van der Waals surface area contributed by atoms with Gasteiger partial charge in [-0.3, -0.25) is 4.90 Å². The lowest BCUT2D eigenvalue weighted by molar-refractivity contribution is -0.138. The maximum atomic E-state index is 13.5. The van der Waals surface area contributed by atoms with E-state index in [4.69, 9.17) is 4.74 Å². The average molecular weight is 384 g/mol. The molecule has 1 amide bonds. The Labute approximate surface area is 158 Å². The van der Waals surface area contributed by atoms with Crippen LogP contribution >= 0.6 is 0 Å². The quantitative estimate of drug-likeness (QED) is 0.764. The zero-order valence-corrected chi connectivity index (χ0v) is 16.2. The second kappa shape index (κ2) is 7.34. The molecule has 0 N–H and O–H groups in total. The lowest BCUT2D eigenvalue weighted by Gasteiger charge is -2.36. The van der Waals surface area contributed by atoms with Gasteiger partial charge in [0.1, 0.15) is 5.60 Å². The number of rotatable bonds is 2. The molecule has 0 aromatic heterocycles. The first kappa shape index (κ1) is 20.0. The Bertz CT molecular complexity index is 702. The fraction of sp³-hybridized carbons (Fsp3) is 0.650. The summed E-state index contributed by atoms with van der Waals surface area (Å²) >= 11 is 0. The molecule has 27 heavy (non-hydrogen) atoms. The number of carbonyl (C=O) groups excluding carboxylic acids is 1. The molecule has 2 aliphatic rings. The summed E-state index contributed by atoms with van der Waals surface area (Å²) in [5.74, 6) is 0. The van der Waals surface area contributed by atoms with E-state index in [-0.39, 0.29) is 12.6 Å². The van der Waals surface area contributed by atoms with Gasteiger partial charge in [0.2, 0.25) is 0 Å². The Balaban J connectivity index is 1.69. The molecule has 0 saturated carbocycles. The molecule has 0 atom stereocenters. The number of hydrogen-bond donors (Lipinski definition) is 0. The van der Waals surface area contributed by atoms with Crippen LogP contribution in [0.1, 0.15) is 49.4 Å². The van der Waals surface area contributed by atoms with Crippen molar-refractivity contribution in [1.29, 1.82) is 0 Å². The van der Waals surface area contributed by atoms with Crippen molar-refractivity contribution in [2.45, 2.75) is 58.4 Å². The van der Waals surface area contributed by atoms with Gasteiger partial charge in [-0.25, -0.2) is 4.79 Å². The Morgan fingerprint density at radius 2 is 1.74 bits per heavy atom. The third-order valence-corrected chi connectivity index (χ3v) is 5.11. The number of benzene rings is 1. The van der Waals surface area contributed by atoms with Crippen LogP contribution < -0.4 is 0 Å². The molecule has 0 unspecified atom stereocenters. The number of aryl methyl sites for hydroxylation is 1. The molecule has 7 heteroatoms. The van der Waals surface area contributed by atoms with Crippen LogP contribution in [0.3, 0.4) is 0 Å². The molecule has 0 radical (unpaired) electrons. The standard InChI is InChI=1S/C20H27F3N2O2/c1-19(2,3)27-18(26)25-11-9-24(10-12-25)13-16-15-6-4-5-14(15)7-8-17(16)20(21,22)23/h7-8H,4-6,9-13H2,1-3H3. The second-order valence-corrected chi connectivity index (χ2v) is 8.32. The fourth-order valence-corrected chi connectivity index (χ4v) is 3.83. The fourth-order valence-electron chi connectivity index (χ4n) is 3.83. The van der Waals surface area contributed by atoms with Gasteiger partial charge in [-0.2, -0.15) is 13.2 Å². The Morgan fingerprint density at radius 3 is 2.33 bits per heavy atom. The van der Waals surface area contributed by atoms with Crippen molar-refractivity contribution in [2.75, 3.05) is 26.2 Å². The molecule has 1 aromatic carbocycles. The summed E-state index contributed by atoms with van der Waals surface area (Å²) in [4.78, 5) is 15.8. The van der Waals surface area contributed by atoms with E-state index in [9.17, 15) is 18.0 Å². The molecule has 150 valence electrons. The summed E-state index contributed by atoms with van der Waals surface area (Å²) in [6.07, 6.45) is -2.22. The van der Waals surface area contributed by atoms with E-state index in [1.54, 1.807) is 11.0 Å². The van der Waals surface area contributed by atoms with Gasteiger partial charge in [0.25, 0.3) is 0 Å². The van der Waals surface area contributed by atoms with Gasteiger partial charge in [-0.15, -0.1) is 0 Å². The maximum Gasteiger partial charge on any atom is 0.416 e. The molecule has 1 aliphatic heterocycles. The van der Waals surface area contributed by atoms with Crippen LogP contribution in [0.2, 0.25) is 0 Å². The number of amides is 1. The molecule has 1 fully saturated rings. The number of piperazine rings is 1. The first-order valence-corrected chi connectivity index (χ1v) is 9.46. The van der Waals surface area contributed by atoms with Crippen molar-refractivity contribution in [3.63, 3.8) is 0 Å². The van der Waals surface area contributed by atoms with Gasteiger partial charge in [0.15, 0.2) is 0 Å². The summed E-state index contributed by atoms with van der Waals surface area (Å²) < 4.78 is 45.9. The summed E-state index contributed by atoms with van der Waals surface area (Å²) in [5, 5.41) is 0. The summed E-state index contributed by atoms with van der Waals surface area (Å²) in [7, 11) is 0. The highest BCUT2D eigenvalue weighted by Gasteiger charge is 2.36.